The van der Waals surface area contributed by atoms with Crippen LogP contribution in [0.4, 0.5) is 10.1 Å². The van der Waals surface area contributed by atoms with Crippen LogP contribution in [0.25, 0.3) is 17.1 Å². The second-order valence-electron chi connectivity index (χ2n) is 6.29. The third-order valence-electron chi connectivity index (χ3n) is 4.64. The Morgan fingerprint density at radius 2 is 2.00 bits per heavy atom. The highest BCUT2D eigenvalue weighted by atomic mass is 19.1. The smallest absolute Gasteiger partial charge is 0.343 e. The maximum absolute atomic E-state index is 14.8. The number of piperazine rings is 1. The number of carbonyl (C=O) groups excluding carboxylic acids is 1. The van der Waals surface area contributed by atoms with E-state index in [2.05, 4.69) is 11.5 Å². The largest absolute Gasteiger partial charge is 0.462 e. The van der Waals surface area contributed by atoms with E-state index in [0.29, 0.717) is 24.3 Å². The molecule has 138 valence electrons. The van der Waals surface area contributed by atoms with Crippen molar-refractivity contribution >= 4 is 28.8 Å². The van der Waals surface area contributed by atoms with E-state index >= 15 is 0 Å². The van der Waals surface area contributed by atoms with E-state index in [1.165, 1.54) is 18.5 Å². The zero-order chi connectivity index (χ0) is 18.8. The Morgan fingerprint density at radius 3 is 2.62 bits per heavy atom. The molecule has 26 heavy (non-hydrogen) atoms. The van der Waals surface area contributed by atoms with Crippen LogP contribution in [-0.4, -0.2) is 55.3 Å². The van der Waals surface area contributed by atoms with Crippen molar-refractivity contribution in [3.63, 3.8) is 0 Å². The van der Waals surface area contributed by atoms with Gasteiger partial charge in [0, 0.05) is 44.0 Å². The van der Waals surface area contributed by atoms with E-state index in [0.717, 1.165) is 13.1 Å². The van der Waals surface area contributed by atoms with Crippen LogP contribution < -0.4 is 10.3 Å². The minimum absolute atomic E-state index is 0.130. The molecular formula is C19H22FN3O3. The van der Waals surface area contributed by atoms with Gasteiger partial charge in [-0.1, -0.05) is 6.58 Å². The lowest BCUT2D eigenvalue weighted by Gasteiger charge is -2.34. The number of benzene rings is 1. The summed E-state index contributed by atoms with van der Waals surface area (Å²) in [4.78, 5) is 28.8. The van der Waals surface area contributed by atoms with Crippen molar-refractivity contribution in [3.8, 4) is 0 Å². The summed E-state index contributed by atoms with van der Waals surface area (Å²) in [6, 6.07) is 2.85. The summed E-state index contributed by atoms with van der Waals surface area (Å²) in [5.74, 6) is -1.20. The van der Waals surface area contributed by atoms with Crippen molar-refractivity contribution in [1.29, 1.82) is 0 Å². The molecule has 2 aromatic rings. The van der Waals surface area contributed by atoms with Gasteiger partial charge in [0.05, 0.1) is 17.8 Å². The molecule has 0 saturated carbocycles. The van der Waals surface area contributed by atoms with Gasteiger partial charge in [-0.15, -0.1) is 0 Å². The highest BCUT2D eigenvalue weighted by Gasteiger charge is 2.21. The first kappa shape index (κ1) is 18.1. The number of nitrogens with zero attached hydrogens (tertiary/aromatic N) is 3. The third kappa shape index (κ3) is 3.22. The standard InChI is InChI=1S/C19H22FN3O3/c1-4-22-12-14(19(25)26-5-2)18(24)13-10-15(20)17(11-16(13)22)23-8-6-21(3)7-9-23/h4,10-12H,1,5-9H2,2-3H3. The summed E-state index contributed by atoms with van der Waals surface area (Å²) in [5.41, 5.74) is 0.282. The number of fused-ring (bicyclic) bond motifs is 1. The highest BCUT2D eigenvalue weighted by molar-refractivity contribution is 5.95. The molecule has 1 aromatic heterocycles. The lowest BCUT2D eigenvalue weighted by Crippen LogP contribution is -2.44. The van der Waals surface area contributed by atoms with Gasteiger partial charge in [-0.05, 0) is 26.1 Å². The van der Waals surface area contributed by atoms with Gasteiger partial charge < -0.3 is 19.1 Å². The summed E-state index contributed by atoms with van der Waals surface area (Å²) in [6.45, 7) is 8.63. The Kier molecular flexibility index (Phi) is 5.08. The molecule has 0 bridgehead atoms. The number of anilines is 1. The Morgan fingerprint density at radius 1 is 1.31 bits per heavy atom. The van der Waals surface area contributed by atoms with Crippen molar-refractivity contribution in [2.75, 3.05) is 44.7 Å². The maximum Gasteiger partial charge on any atom is 0.343 e. The average molecular weight is 359 g/mol. The molecule has 1 saturated heterocycles. The van der Waals surface area contributed by atoms with E-state index in [1.807, 2.05) is 11.9 Å². The van der Waals surface area contributed by atoms with Gasteiger partial charge in [-0.2, -0.15) is 0 Å². The summed E-state index contributed by atoms with van der Waals surface area (Å²) >= 11 is 0. The molecule has 0 unspecified atom stereocenters. The fraction of sp³-hybridized carbons (Fsp3) is 0.368. The van der Waals surface area contributed by atoms with Crippen LogP contribution in [0.5, 0.6) is 0 Å². The molecule has 7 heteroatoms. The minimum atomic E-state index is -0.724. The maximum atomic E-state index is 14.8. The molecule has 1 aliphatic heterocycles. The summed E-state index contributed by atoms with van der Waals surface area (Å²) < 4.78 is 21.2. The first-order valence-corrected chi connectivity index (χ1v) is 8.57. The summed E-state index contributed by atoms with van der Waals surface area (Å²) in [5, 5.41) is 0.130. The van der Waals surface area contributed by atoms with Crippen molar-refractivity contribution in [3.05, 3.63) is 46.5 Å². The van der Waals surface area contributed by atoms with Crippen LogP contribution in [-0.2, 0) is 4.74 Å². The van der Waals surface area contributed by atoms with Crippen molar-refractivity contribution in [2.24, 2.45) is 0 Å². The second-order valence-corrected chi connectivity index (χ2v) is 6.29. The van der Waals surface area contributed by atoms with Crippen LogP contribution in [0.2, 0.25) is 0 Å². The van der Waals surface area contributed by atoms with Crippen LogP contribution in [0, 0.1) is 5.82 Å². The predicted molar refractivity (Wildman–Crippen MR) is 100 cm³/mol. The molecule has 0 radical (unpaired) electrons. The number of aromatic nitrogens is 1. The number of esters is 1. The zero-order valence-corrected chi connectivity index (χ0v) is 15.0. The number of carbonyl (C=O) groups is 1. The molecule has 0 N–H and O–H groups in total. The predicted octanol–water partition coefficient (Wildman–Crippen LogP) is 2.17. The number of likely N-dealkylation sites (N-methyl/N-ethyl adjacent to an activating group) is 1. The molecule has 3 rings (SSSR count). The zero-order valence-electron chi connectivity index (χ0n) is 15.0. The number of ether oxygens (including phenoxy) is 1. The third-order valence-corrected chi connectivity index (χ3v) is 4.64. The van der Waals surface area contributed by atoms with Crippen LogP contribution >= 0.6 is 0 Å². The number of hydrogen-bond donors (Lipinski definition) is 0. The topological polar surface area (TPSA) is 54.8 Å². The Labute approximate surface area is 151 Å². The van der Waals surface area contributed by atoms with Gasteiger partial charge in [0.2, 0.25) is 5.43 Å². The van der Waals surface area contributed by atoms with E-state index in [4.69, 9.17) is 4.74 Å². The fourth-order valence-corrected chi connectivity index (χ4v) is 3.15. The van der Waals surface area contributed by atoms with Gasteiger partial charge in [-0.3, -0.25) is 4.79 Å². The lowest BCUT2D eigenvalue weighted by atomic mass is 10.1. The summed E-state index contributed by atoms with van der Waals surface area (Å²) in [6.07, 6.45) is 2.87. The van der Waals surface area contributed by atoms with E-state index < -0.39 is 17.2 Å². The molecule has 0 atom stereocenters. The van der Waals surface area contributed by atoms with Crippen molar-refractivity contribution in [2.45, 2.75) is 6.92 Å². The molecule has 1 aliphatic rings. The van der Waals surface area contributed by atoms with Gasteiger partial charge >= 0.3 is 5.97 Å². The Hall–Kier alpha value is -2.67. The van der Waals surface area contributed by atoms with Crippen LogP contribution in [0.3, 0.4) is 0 Å². The monoisotopic (exact) mass is 359 g/mol. The normalized spacial score (nSPS) is 15.3. The van der Waals surface area contributed by atoms with Gasteiger partial charge in [0.25, 0.3) is 0 Å². The van der Waals surface area contributed by atoms with Crippen molar-refractivity contribution in [1.82, 2.24) is 9.47 Å². The molecule has 1 fully saturated rings. The van der Waals surface area contributed by atoms with E-state index in [9.17, 15) is 14.0 Å². The number of rotatable bonds is 4. The first-order chi connectivity index (χ1) is 12.5. The van der Waals surface area contributed by atoms with Gasteiger partial charge in [-0.25, -0.2) is 9.18 Å². The van der Waals surface area contributed by atoms with Crippen molar-refractivity contribution < 1.29 is 13.9 Å². The summed E-state index contributed by atoms with van der Waals surface area (Å²) in [7, 11) is 2.03. The highest BCUT2D eigenvalue weighted by Crippen LogP contribution is 2.26. The van der Waals surface area contributed by atoms with Gasteiger partial charge in [0.15, 0.2) is 0 Å². The van der Waals surface area contributed by atoms with E-state index in [-0.39, 0.29) is 17.6 Å². The number of pyridine rings is 1. The number of halogens is 1. The molecule has 0 spiro atoms. The number of hydrogen-bond acceptors (Lipinski definition) is 5. The minimum Gasteiger partial charge on any atom is -0.462 e. The molecule has 0 amide bonds. The van der Waals surface area contributed by atoms with Crippen LogP contribution in [0.15, 0.2) is 29.7 Å². The first-order valence-electron chi connectivity index (χ1n) is 8.57. The molecular weight excluding hydrogens is 337 g/mol. The Balaban J connectivity index is 2.15. The average Bonchev–Trinajstić information content (AvgIpc) is 2.63. The second kappa shape index (κ2) is 7.29. The quantitative estimate of drug-likeness (QED) is 0.783. The van der Waals surface area contributed by atoms with Gasteiger partial charge in [0.1, 0.15) is 11.4 Å². The SMILES string of the molecule is C=Cn1cc(C(=O)OCC)c(=O)c2cc(F)c(N3CCN(C)CC3)cc21. The lowest BCUT2D eigenvalue weighted by molar-refractivity contribution is 0.0524. The molecule has 0 aliphatic carbocycles. The fourth-order valence-electron chi connectivity index (χ4n) is 3.15. The molecule has 6 nitrogen and oxygen atoms in total. The Bertz CT molecular complexity index is 914. The molecule has 1 aromatic carbocycles. The molecule has 2 heterocycles. The van der Waals surface area contributed by atoms with Crippen LogP contribution in [0.1, 0.15) is 17.3 Å². The van der Waals surface area contributed by atoms with E-state index in [1.54, 1.807) is 17.6 Å².